The van der Waals surface area contributed by atoms with Crippen LogP contribution in [0.25, 0.3) is 0 Å². The second-order valence-electron chi connectivity index (χ2n) is 6.61. The van der Waals surface area contributed by atoms with Crippen molar-refractivity contribution in [1.29, 1.82) is 0 Å². The average Bonchev–Trinajstić information content (AvgIpc) is 2.97. The Labute approximate surface area is 155 Å². The maximum absolute atomic E-state index is 13.1. The first-order chi connectivity index (χ1) is 12.3. The summed E-state index contributed by atoms with van der Waals surface area (Å²) in [5.74, 6) is -0.391. The zero-order valence-corrected chi connectivity index (χ0v) is 16.6. The van der Waals surface area contributed by atoms with Gasteiger partial charge < -0.3 is 9.57 Å². The highest BCUT2D eigenvalue weighted by molar-refractivity contribution is 7.89. The van der Waals surface area contributed by atoms with Crippen LogP contribution in [-0.2, 0) is 24.4 Å². The Morgan fingerprint density at radius 1 is 1.31 bits per heavy atom. The van der Waals surface area contributed by atoms with E-state index < -0.39 is 27.4 Å². The lowest BCUT2D eigenvalue weighted by Gasteiger charge is -2.31. The third-order valence-electron chi connectivity index (χ3n) is 4.81. The van der Waals surface area contributed by atoms with E-state index in [9.17, 15) is 13.2 Å². The van der Waals surface area contributed by atoms with Crippen molar-refractivity contribution in [2.45, 2.75) is 44.6 Å². The molecule has 2 rings (SSSR count). The lowest BCUT2D eigenvalue weighted by Crippen LogP contribution is -2.50. The van der Waals surface area contributed by atoms with E-state index in [1.807, 2.05) is 13.8 Å². The molecule has 0 radical (unpaired) electrons. The molecule has 0 saturated carbocycles. The third-order valence-corrected chi connectivity index (χ3v) is 6.63. The van der Waals surface area contributed by atoms with Gasteiger partial charge in [0.05, 0.1) is 24.7 Å². The van der Waals surface area contributed by atoms with Crippen molar-refractivity contribution in [1.82, 2.24) is 9.79 Å². The van der Waals surface area contributed by atoms with Crippen LogP contribution in [0.5, 0.6) is 0 Å². The van der Waals surface area contributed by atoms with E-state index in [2.05, 4.69) is 5.48 Å². The molecule has 0 amide bonds. The van der Waals surface area contributed by atoms with Gasteiger partial charge in [-0.15, -0.1) is 0 Å². The number of sulfonamides is 1. The van der Waals surface area contributed by atoms with Crippen molar-refractivity contribution in [3.05, 3.63) is 29.8 Å². The zero-order valence-electron chi connectivity index (χ0n) is 15.8. The number of esters is 1. The Bertz CT molecular complexity index is 720. The molecule has 2 atom stereocenters. The van der Waals surface area contributed by atoms with Gasteiger partial charge in [-0.3, -0.25) is 4.79 Å². The van der Waals surface area contributed by atoms with E-state index in [4.69, 9.17) is 9.57 Å². The minimum atomic E-state index is -3.71. The predicted molar refractivity (Wildman–Crippen MR) is 97.8 cm³/mol. The van der Waals surface area contributed by atoms with E-state index in [0.29, 0.717) is 6.42 Å². The highest BCUT2D eigenvalue weighted by Crippen LogP contribution is 2.39. The fraction of sp³-hybridized carbons (Fsp3) is 0.611. The molecule has 2 unspecified atom stereocenters. The van der Waals surface area contributed by atoms with Crippen LogP contribution in [-0.4, -0.2) is 51.5 Å². The largest absolute Gasteiger partial charge is 0.465 e. The van der Waals surface area contributed by atoms with Crippen molar-refractivity contribution in [3.8, 4) is 0 Å². The van der Waals surface area contributed by atoms with Crippen LogP contribution in [0.15, 0.2) is 29.2 Å². The summed E-state index contributed by atoms with van der Waals surface area (Å²) in [5, 5.41) is 0. The molecular formula is C18H28N2O5S. The van der Waals surface area contributed by atoms with Crippen molar-refractivity contribution < 1.29 is 22.8 Å². The number of nitrogens with zero attached hydrogens (tertiary/aromatic N) is 1. The number of hydrogen-bond donors (Lipinski definition) is 1. The maximum atomic E-state index is 13.1. The number of aryl methyl sites for hydroxylation is 1. The van der Waals surface area contributed by atoms with Crippen LogP contribution in [0, 0.1) is 12.3 Å². The summed E-state index contributed by atoms with van der Waals surface area (Å²) in [5.41, 5.74) is 2.82. The quantitative estimate of drug-likeness (QED) is 0.544. The van der Waals surface area contributed by atoms with Gasteiger partial charge in [0.25, 0.3) is 0 Å². The lowest BCUT2D eigenvalue weighted by atomic mass is 9.79. The normalized spacial score (nSPS) is 23.9. The Kier molecular flexibility index (Phi) is 6.79. The van der Waals surface area contributed by atoms with Crippen LogP contribution < -0.4 is 5.48 Å². The summed E-state index contributed by atoms with van der Waals surface area (Å²) >= 11 is 0. The van der Waals surface area contributed by atoms with Crippen LogP contribution in [0.1, 0.15) is 32.3 Å². The van der Waals surface area contributed by atoms with Gasteiger partial charge in [-0.2, -0.15) is 9.79 Å². The minimum absolute atomic E-state index is 0.0664. The lowest BCUT2D eigenvalue weighted by molar-refractivity contribution is -0.158. The van der Waals surface area contributed by atoms with E-state index in [0.717, 1.165) is 12.0 Å². The molecule has 1 N–H and O–H groups in total. The smallest absolute Gasteiger partial charge is 0.315 e. The number of carbonyl (C=O) groups excluding carboxylic acids is 1. The molecule has 26 heavy (non-hydrogen) atoms. The fourth-order valence-corrected chi connectivity index (χ4v) is 5.01. The highest BCUT2D eigenvalue weighted by atomic mass is 32.2. The monoisotopic (exact) mass is 384 g/mol. The Morgan fingerprint density at radius 2 is 1.96 bits per heavy atom. The summed E-state index contributed by atoms with van der Waals surface area (Å²) in [4.78, 5) is 18.0. The van der Waals surface area contributed by atoms with E-state index in [1.165, 1.54) is 11.4 Å². The highest BCUT2D eigenvalue weighted by Gasteiger charge is 2.55. The van der Waals surface area contributed by atoms with E-state index in [1.54, 1.807) is 31.2 Å². The molecule has 0 spiro atoms. The van der Waals surface area contributed by atoms with Crippen LogP contribution in [0.4, 0.5) is 0 Å². The molecule has 1 aromatic rings. The standard InChI is InChI=1S/C18H28N2O5S/c1-5-11-18(17(21)25-6-2)13-20(12-16(18)19-24-4)26(22,23)15-9-7-14(3)8-10-15/h7-10,16,19H,5-6,11-13H2,1-4H3. The number of hydroxylamine groups is 1. The molecule has 1 saturated heterocycles. The Morgan fingerprint density at radius 3 is 2.50 bits per heavy atom. The van der Waals surface area contributed by atoms with Crippen molar-refractivity contribution >= 4 is 16.0 Å². The van der Waals surface area contributed by atoms with Crippen molar-refractivity contribution in [2.24, 2.45) is 5.41 Å². The SMILES string of the molecule is CCCC1(C(=O)OCC)CN(S(=O)(=O)c2ccc(C)cc2)CC1NOC. The first kappa shape index (κ1) is 20.8. The zero-order chi connectivity index (χ0) is 19.4. The molecule has 1 aliphatic heterocycles. The Hall–Kier alpha value is -1.48. The van der Waals surface area contributed by atoms with Crippen LogP contribution >= 0.6 is 0 Å². The van der Waals surface area contributed by atoms with Crippen LogP contribution in [0.3, 0.4) is 0 Å². The number of ether oxygens (including phenoxy) is 1. The number of nitrogens with one attached hydrogen (secondary N) is 1. The molecule has 7 nitrogen and oxygen atoms in total. The van der Waals surface area contributed by atoms with Crippen LogP contribution in [0.2, 0.25) is 0 Å². The number of rotatable bonds is 8. The van der Waals surface area contributed by atoms with E-state index >= 15 is 0 Å². The van der Waals surface area contributed by atoms with Gasteiger partial charge in [0.1, 0.15) is 5.41 Å². The summed E-state index contributed by atoms with van der Waals surface area (Å²) in [6, 6.07) is 6.23. The van der Waals surface area contributed by atoms with Crippen molar-refractivity contribution in [2.75, 3.05) is 26.8 Å². The van der Waals surface area contributed by atoms with Gasteiger partial charge in [-0.05, 0) is 32.4 Å². The molecular weight excluding hydrogens is 356 g/mol. The Balaban J connectivity index is 2.40. The first-order valence-corrected chi connectivity index (χ1v) is 10.3. The molecule has 1 aliphatic rings. The second-order valence-corrected chi connectivity index (χ2v) is 8.55. The fourth-order valence-electron chi connectivity index (χ4n) is 3.49. The summed E-state index contributed by atoms with van der Waals surface area (Å²) in [6.45, 7) is 6.06. The molecule has 146 valence electrons. The minimum Gasteiger partial charge on any atom is -0.465 e. The molecule has 1 heterocycles. The van der Waals surface area contributed by atoms with Gasteiger partial charge in [0, 0.05) is 13.1 Å². The maximum Gasteiger partial charge on any atom is 0.315 e. The summed E-state index contributed by atoms with van der Waals surface area (Å²) in [6.07, 6.45) is 1.23. The van der Waals surface area contributed by atoms with Gasteiger partial charge in [0.2, 0.25) is 10.0 Å². The number of carbonyl (C=O) groups is 1. The average molecular weight is 384 g/mol. The molecule has 0 bridgehead atoms. The summed E-state index contributed by atoms with van der Waals surface area (Å²) < 4.78 is 32.8. The van der Waals surface area contributed by atoms with Crippen molar-refractivity contribution in [3.63, 3.8) is 0 Å². The van der Waals surface area contributed by atoms with Gasteiger partial charge in [0.15, 0.2) is 0 Å². The molecule has 8 heteroatoms. The van der Waals surface area contributed by atoms with Gasteiger partial charge in [-0.25, -0.2) is 8.42 Å². The molecule has 1 fully saturated rings. The van der Waals surface area contributed by atoms with Gasteiger partial charge in [-0.1, -0.05) is 31.0 Å². The number of hydrogen-bond acceptors (Lipinski definition) is 6. The third kappa shape index (κ3) is 3.93. The number of benzene rings is 1. The molecule has 0 aromatic heterocycles. The van der Waals surface area contributed by atoms with Gasteiger partial charge >= 0.3 is 5.97 Å². The topological polar surface area (TPSA) is 84.9 Å². The molecule has 1 aromatic carbocycles. The second kappa shape index (κ2) is 8.47. The first-order valence-electron chi connectivity index (χ1n) is 8.84. The van der Waals surface area contributed by atoms with E-state index in [-0.39, 0.29) is 24.6 Å². The summed E-state index contributed by atoms with van der Waals surface area (Å²) in [7, 11) is -2.26. The predicted octanol–water partition coefficient (Wildman–Crippen LogP) is 1.87. The molecule has 0 aliphatic carbocycles.